The molecule has 0 heterocycles. The van der Waals surface area contributed by atoms with Crippen LogP contribution >= 0.6 is 31.9 Å². The third kappa shape index (κ3) is 6.30. The molecule has 3 aromatic rings. The summed E-state index contributed by atoms with van der Waals surface area (Å²) in [6.45, 7) is 10.0. The van der Waals surface area contributed by atoms with E-state index in [9.17, 15) is 0 Å². The Balaban J connectivity index is 1.84. The Labute approximate surface area is 248 Å². The van der Waals surface area contributed by atoms with Crippen LogP contribution in [0.5, 0.6) is 5.75 Å². The van der Waals surface area contributed by atoms with Crippen LogP contribution in [0.3, 0.4) is 0 Å². The zero-order valence-electron chi connectivity index (χ0n) is 24.2. The van der Waals surface area contributed by atoms with Gasteiger partial charge in [-0.15, -0.1) is 0 Å². The van der Waals surface area contributed by atoms with Crippen LogP contribution in [0, 0.1) is 5.92 Å². The summed E-state index contributed by atoms with van der Waals surface area (Å²) in [6.07, 6.45) is 17.9. The SMILES string of the molecule is CCCCCCC1(CCCCCC)c2cc(Br)cc3cc(OCC(CC)CCCC)c4cc(Br)cc1c4c23. The molecule has 0 bridgehead atoms. The third-order valence-electron chi connectivity index (χ3n) is 9.00. The third-order valence-corrected chi connectivity index (χ3v) is 9.92. The van der Waals surface area contributed by atoms with E-state index in [-0.39, 0.29) is 5.41 Å². The van der Waals surface area contributed by atoms with Gasteiger partial charge in [-0.2, -0.15) is 0 Å². The summed E-state index contributed by atoms with van der Waals surface area (Å²) in [5.41, 5.74) is 3.17. The minimum Gasteiger partial charge on any atom is -0.493 e. The highest BCUT2D eigenvalue weighted by atomic mass is 79.9. The number of benzene rings is 3. The Morgan fingerprint density at radius 2 is 1.29 bits per heavy atom. The van der Waals surface area contributed by atoms with Gasteiger partial charge in [0.1, 0.15) is 5.75 Å². The van der Waals surface area contributed by atoms with Crippen molar-refractivity contribution in [1.29, 1.82) is 0 Å². The van der Waals surface area contributed by atoms with Crippen LogP contribution in [0.4, 0.5) is 0 Å². The van der Waals surface area contributed by atoms with Crippen LogP contribution in [-0.2, 0) is 5.41 Å². The van der Waals surface area contributed by atoms with E-state index in [1.807, 2.05) is 0 Å². The van der Waals surface area contributed by atoms with E-state index in [1.54, 1.807) is 5.56 Å². The first-order valence-electron chi connectivity index (χ1n) is 15.5. The van der Waals surface area contributed by atoms with E-state index in [2.05, 4.69) is 89.9 Å². The number of hydrogen-bond donors (Lipinski definition) is 0. The molecule has 0 saturated carbocycles. The molecule has 1 aliphatic rings. The Morgan fingerprint density at radius 3 is 1.89 bits per heavy atom. The van der Waals surface area contributed by atoms with Crippen LogP contribution in [-0.4, -0.2) is 6.61 Å². The lowest BCUT2D eigenvalue weighted by Gasteiger charge is -2.33. The van der Waals surface area contributed by atoms with E-state index in [4.69, 9.17) is 4.74 Å². The second-order valence-electron chi connectivity index (χ2n) is 11.7. The predicted octanol–water partition coefficient (Wildman–Crippen LogP) is 12.7. The second kappa shape index (κ2) is 14.0. The highest BCUT2D eigenvalue weighted by molar-refractivity contribution is 9.10. The Kier molecular flexibility index (Phi) is 11.0. The van der Waals surface area contributed by atoms with Crippen molar-refractivity contribution >= 4 is 53.4 Å². The Bertz CT molecular complexity index is 1200. The van der Waals surface area contributed by atoms with Gasteiger partial charge in [0.2, 0.25) is 0 Å². The summed E-state index contributed by atoms with van der Waals surface area (Å²) in [5, 5.41) is 5.55. The van der Waals surface area contributed by atoms with Crippen molar-refractivity contribution in [1.82, 2.24) is 0 Å². The number of ether oxygens (including phenoxy) is 1. The molecule has 0 fully saturated rings. The molecule has 3 aromatic carbocycles. The maximum atomic E-state index is 6.71. The van der Waals surface area contributed by atoms with Gasteiger partial charge in [-0.3, -0.25) is 0 Å². The van der Waals surface area contributed by atoms with Crippen molar-refractivity contribution in [3.63, 3.8) is 0 Å². The normalized spacial score (nSPS) is 14.7. The van der Waals surface area contributed by atoms with Gasteiger partial charge in [0.15, 0.2) is 0 Å². The summed E-state index contributed by atoms with van der Waals surface area (Å²) in [6, 6.07) is 11.9. The van der Waals surface area contributed by atoms with Crippen molar-refractivity contribution < 1.29 is 4.74 Å². The molecule has 1 atom stereocenters. The lowest BCUT2D eigenvalue weighted by molar-refractivity contribution is 0.236. The number of rotatable bonds is 17. The van der Waals surface area contributed by atoms with E-state index >= 15 is 0 Å². The van der Waals surface area contributed by atoms with Crippen LogP contribution in [0.1, 0.15) is 129 Å². The fraction of sp³-hybridized carbons (Fsp3) is 0.600. The maximum absolute atomic E-state index is 6.71. The quantitative estimate of drug-likeness (QED) is 0.105. The molecule has 0 spiro atoms. The zero-order chi connectivity index (χ0) is 27.1. The van der Waals surface area contributed by atoms with Gasteiger partial charge in [0.25, 0.3) is 0 Å². The van der Waals surface area contributed by atoms with Gasteiger partial charge in [0.05, 0.1) is 6.61 Å². The van der Waals surface area contributed by atoms with Crippen molar-refractivity contribution in [2.45, 2.75) is 123 Å². The average Bonchev–Trinajstić information content (AvgIpc) is 3.17. The van der Waals surface area contributed by atoms with Gasteiger partial charge in [-0.1, -0.05) is 130 Å². The molecule has 0 N–H and O–H groups in total. The summed E-state index contributed by atoms with van der Waals surface area (Å²) in [4.78, 5) is 0. The molecular weight excluding hydrogens is 596 g/mol. The summed E-state index contributed by atoms with van der Waals surface area (Å²) in [5.74, 6) is 1.67. The number of hydrogen-bond acceptors (Lipinski definition) is 1. The van der Waals surface area contributed by atoms with Crippen LogP contribution < -0.4 is 4.74 Å². The largest absolute Gasteiger partial charge is 0.493 e. The molecule has 208 valence electrons. The molecular formula is C35H48Br2O. The van der Waals surface area contributed by atoms with Gasteiger partial charge < -0.3 is 4.74 Å². The number of halogens is 2. The van der Waals surface area contributed by atoms with Crippen LogP contribution in [0.25, 0.3) is 21.5 Å². The number of unbranched alkanes of at least 4 members (excludes halogenated alkanes) is 7. The fourth-order valence-electron chi connectivity index (χ4n) is 6.81. The molecule has 0 saturated heterocycles. The Morgan fingerprint density at radius 1 is 0.684 bits per heavy atom. The smallest absolute Gasteiger partial charge is 0.127 e. The lowest BCUT2D eigenvalue weighted by Crippen LogP contribution is -2.26. The predicted molar refractivity (Wildman–Crippen MR) is 174 cm³/mol. The average molecular weight is 645 g/mol. The Hall–Kier alpha value is -1.06. The van der Waals surface area contributed by atoms with E-state index in [0.717, 1.165) is 12.4 Å². The highest BCUT2D eigenvalue weighted by Crippen LogP contribution is 2.56. The molecule has 1 aliphatic carbocycles. The monoisotopic (exact) mass is 642 g/mol. The molecule has 38 heavy (non-hydrogen) atoms. The topological polar surface area (TPSA) is 9.23 Å². The van der Waals surface area contributed by atoms with Crippen LogP contribution in [0.15, 0.2) is 39.3 Å². The summed E-state index contributed by atoms with van der Waals surface area (Å²) >= 11 is 7.85. The first-order valence-corrected chi connectivity index (χ1v) is 17.1. The van der Waals surface area contributed by atoms with E-state index in [1.165, 1.54) is 126 Å². The molecule has 3 heteroatoms. The molecule has 1 unspecified atom stereocenters. The van der Waals surface area contributed by atoms with Gasteiger partial charge >= 0.3 is 0 Å². The second-order valence-corrected chi connectivity index (χ2v) is 13.6. The van der Waals surface area contributed by atoms with Crippen molar-refractivity contribution in [3.05, 3.63) is 50.4 Å². The van der Waals surface area contributed by atoms with Gasteiger partial charge in [-0.25, -0.2) is 0 Å². The first kappa shape index (κ1) is 29.9. The minimum atomic E-state index is 0.0829. The first-order chi connectivity index (χ1) is 18.5. The minimum absolute atomic E-state index is 0.0829. The lowest BCUT2D eigenvalue weighted by atomic mass is 9.70. The molecule has 0 amide bonds. The molecule has 1 nitrogen and oxygen atoms in total. The van der Waals surface area contributed by atoms with Crippen LogP contribution in [0.2, 0.25) is 0 Å². The zero-order valence-corrected chi connectivity index (χ0v) is 27.4. The van der Waals surface area contributed by atoms with E-state index < -0.39 is 0 Å². The summed E-state index contributed by atoms with van der Waals surface area (Å²) in [7, 11) is 0. The molecule has 0 aromatic heterocycles. The van der Waals surface area contributed by atoms with Gasteiger partial charge in [-0.05, 0) is 82.8 Å². The molecule has 0 radical (unpaired) electrons. The molecule has 0 aliphatic heterocycles. The van der Waals surface area contributed by atoms with Crippen molar-refractivity contribution in [2.75, 3.05) is 6.61 Å². The summed E-state index contributed by atoms with van der Waals surface area (Å²) < 4.78 is 9.08. The van der Waals surface area contributed by atoms with Crippen molar-refractivity contribution in [2.24, 2.45) is 5.92 Å². The van der Waals surface area contributed by atoms with Gasteiger partial charge in [0, 0.05) is 19.7 Å². The molecule has 4 rings (SSSR count). The fourth-order valence-corrected chi connectivity index (χ4v) is 7.74. The highest BCUT2D eigenvalue weighted by Gasteiger charge is 2.42. The standard InChI is InChI=1S/C35H48Br2O/c1-5-9-12-14-17-35(18-15-13-10-6-2)30-22-27(36)19-26-20-32(38-24-25(8-4)16-11-7-3)29-21-28(37)23-31(35)34(29)33(26)30/h19-23,25H,5-18,24H2,1-4H3. The van der Waals surface area contributed by atoms with E-state index in [0.29, 0.717) is 5.92 Å². The van der Waals surface area contributed by atoms with Crippen molar-refractivity contribution in [3.8, 4) is 5.75 Å². The maximum Gasteiger partial charge on any atom is 0.127 e.